The molecule has 1 N–H and O–H groups in total. The first-order valence-corrected chi connectivity index (χ1v) is 2.71. The summed E-state index contributed by atoms with van der Waals surface area (Å²) in [5.41, 5.74) is 2.66. The average Bonchev–Trinajstić information content (AvgIpc) is 2.05. The van der Waals surface area contributed by atoms with E-state index in [1.54, 1.807) is 6.20 Å². The third kappa shape index (κ3) is 0.680. The molecule has 10 heavy (non-hydrogen) atoms. The Labute approximate surface area is 56.8 Å². The summed E-state index contributed by atoms with van der Waals surface area (Å²) in [7, 11) is 0. The summed E-state index contributed by atoms with van der Waals surface area (Å²) in [4.78, 5) is 7.62. The van der Waals surface area contributed by atoms with Gasteiger partial charge in [-0.2, -0.15) is 0 Å². The molecule has 2 heterocycles. The van der Waals surface area contributed by atoms with Gasteiger partial charge in [0.05, 0.1) is 6.20 Å². The summed E-state index contributed by atoms with van der Waals surface area (Å²) in [6, 6.07) is 0. The monoisotopic (exact) mass is 136 g/mol. The number of aromatic nitrogens is 2. The molecule has 0 radical (unpaired) electrons. The van der Waals surface area contributed by atoms with Crippen molar-refractivity contribution in [1.82, 2.24) is 9.97 Å². The number of hydrogen-bond acceptors (Lipinski definition) is 5. The van der Waals surface area contributed by atoms with Gasteiger partial charge in [0.2, 0.25) is 0 Å². The number of fused-ring (bicyclic) bond motifs is 1. The molecule has 0 atom stereocenters. The molecule has 0 unspecified atom stereocenters. The maximum atomic E-state index is 4.94. The van der Waals surface area contributed by atoms with E-state index >= 15 is 0 Å². The normalized spacial score (nSPS) is 13.2. The van der Waals surface area contributed by atoms with Gasteiger partial charge in [0.25, 0.3) is 0 Å². The van der Waals surface area contributed by atoms with Crippen molar-refractivity contribution < 1.29 is 4.74 Å². The second-order valence-electron chi connectivity index (χ2n) is 1.70. The van der Waals surface area contributed by atoms with E-state index in [1.807, 2.05) is 0 Å². The molecule has 0 aliphatic carbocycles. The maximum Gasteiger partial charge on any atom is 0.199 e. The summed E-state index contributed by atoms with van der Waals surface area (Å²) in [6.45, 7) is 0. The van der Waals surface area contributed by atoms with Gasteiger partial charge in [0, 0.05) is 0 Å². The van der Waals surface area contributed by atoms with Gasteiger partial charge in [-0.1, -0.05) is 0 Å². The minimum Gasteiger partial charge on any atom is -0.439 e. The lowest BCUT2D eigenvalue weighted by molar-refractivity contribution is 0.558. The van der Waals surface area contributed by atoms with E-state index in [9.17, 15) is 0 Å². The van der Waals surface area contributed by atoms with Crippen molar-refractivity contribution in [3.8, 4) is 5.75 Å². The van der Waals surface area contributed by atoms with Crippen LogP contribution in [-0.4, -0.2) is 16.4 Å². The molecule has 1 aliphatic heterocycles. The highest BCUT2D eigenvalue weighted by molar-refractivity contribution is 5.63. The van der Waals surface area contributed by atoms with Gasteiger partial charge in [0.1, 0.15) is 6.33 Å². The second kappa shape index (κ2) is 1.94. The number of nitrogens with zero attached hydrogens (tertiary/aromatic N) is 3. The third-order valence-corrected chi connectivity index (χ3v) is 1.08. The number of rotatable bonds is 0. The van der Waals surface area contributed by atoms with Crippen LogP contribution in [0.3, 0.4) is 0 Å². The molecule has 1 aromatic heterocycles. The van der Waals surface area contributed by atoms with Crippen LogP contribution in [0.1, 0.15) is 0 Å². The molecule has 0 amide bonds. The van der Waals surface area contributed by atoms with E-state index in [4.69, 9.17) is 4.74 Å². The third-order valence-electron chi connectivity index (χ3n) is 1.08. The van der Waals surface area contributed by atoms with Crippen LogP contribution in [0.5, 0.6) is 5.75 Å². The zero-order valence-electron chi connectivity index (χ0n) is 4.98. The molecule has 1 aromatic rings. The van der Waals surface area contributed by atoms with E-state index in [1.165, 1.54) is 12.7 Å². The molecule has 0 saturated carbocycles. The van der Waals surface area contributed by atoms with Crippen LogP contribution in [0.15, 0.2) is 17.6 Å². The first kappa shape index (κ1) is 5.16. The molecule has 0 spiro atoms. The highest BCUT2D eigenvalue weighted by Crippen LogP contribution is 2.20. The molecular formula is C5H4N4O. The predicted molar refractivity (Wildman–Crippen MR) is 34.8 cm³/mol. The molecule has 1 aliphatic rings. The standard InChI is InChI=1S/C5H4N4O/c1-4-5(7-2-6-1)9-8-3-10-4/h1-3H,(H,6,7,9). The molecule has 50 valence electrons. The Bertz CT molecular complexity index is 245. The van der Waals surface area contributed by atoms with Gasteiger partial charge in [0.15, 0.2) is 18.0 Å². The first-order chi connectivity index (χ1) is 4.97. The minimum absolute atomic E-state index is 0.595. The fraction of sp³-hybridized carbons (Fsp3) is 0. The van der Waals surface area contributed by atoms with Gasteiger partial charge in [-0.15, -0.1) is 5.10 Å². The van der Waals surface area contributed by atoms with Crippen molar-refractivity contribution in [1.29, 1.82) is 0 Å². The van der Waals surface area contributed by atoms with Gasteiger partial charge >= 0.3 is 0 Å². The number of hydrazone groups is 1. The average molecular weight is 136 g/mol. The number of ether oxygens (including phenoxy) is 1. The Balaban J connectivity index is 2.47. The van der Waals surface area contributed by atoms with Crippen LogP contribution in [0, 0.1) is 0 Å². The van der Waals surface area contributed by atoms with Gasteiger partial charge in [-0.3, -0.25) is 5.43 Å². The Morgan fingerprint density at radius 2 is 2.50 bits per heavy atom. The van der Waals surface area contributed by atoms with Gasteiger partial charge in [-0.25, -0.2) is 9.97 Å². The van der Waals surface area contributed by atoms with Crippen LogP contribution in [0.2, 0.25) is 0 Å². The molecule has 0 aromatic carbocycles. The summed E-state index contributed by atoms with van der Waals surface area (Å²) < 4.78 is 4.94. The Morgan fingerprint density at radius 3 is 3.40 bits per heavy atom. The highest BCUT2D eigenvalue weighted by atomic mass is 16.5. The number of anilines is 1. The van der Waals surface area contributed by atoms with Crippen LogP contribution in [0.4, 0.5) is 5.82 Å². The lowest BCUT2D eigenvalue weighted by Crippen LogP contribution is -2.05. The first-order valence-electron chi connectivity index (χ1n) is 2.71. The van der Waals surface area contributed by atoms with Crippen molar-refractivity contribution >= 4 is 12.2 Å². The van der Waals surface area contributed by atoms with Crippen molar-refractivity contribution in [3.63, 3.8) is 0 Å². The van der Waals surface area contributed by atoms with E-state index in [0.29, 0.717) is 11.6 Å². The highest BCUT2D eigenvalue weighted by Gasteiger charge is 2.05. The zero-order valence-corrected chi connectivity index (χ0v) is 4.98. The lowest BCUT2D eigenvalue weighted by atomic mass is 10.5. The summed E-state index contributed by atoms with van der Waals surface area (Å²) in [5.74, 6) is 1.19. The van der Waals surface area contributed by atoms with Crippen LogP contribution < -0.4 is 10.2 Å². The van der Waals surface area contributed by atoms with Crippen LogP contribution in [0.25, 0.3) is 0 Å². The minimum atomic E-state index is 0.595. The zero-order chi connectivity index (χ0) is 6.81. The van der Waals surface area contributed by atoms with E-state index in [-0.39, 0.29) is 0 Å². The smallest absolute Gasteiger partial charge is 0.199 e. The van der Waals surface area contributed by atoms with Crippen molar-refractivity contribution in [2.45, 2.75) is 0 Å². The molecule has 5 nitrogen and oxygen atoms in total. The Kier molecular flexibility index (Phi) is 1.00. The van der Waals surface area contributed by atoms with Gasteiger partial charge < -0.3 is 4.74 Å². The summed E-state index contributed by atoms with van der Waals surface area (Å²) in [6.07, 6.45) is 4.29. The number of nitrogens with one attached hydrogen (secondary N) is 1. The summed E-state index contributed by atoms with van der Waals surface area (Å²) >= 11 is 0. The lowest BCUT2D eigenvalue weighted by Gasteiger charge is -2.08. The maximum absolute atomic E-state index is 4.94. The van der Waals surface area contributed by atoms with E-state index in [0.717, 1.165) is 0 Å². The molecule has 2 rings (SSSR count). The van der Waals surface area contributed by atoms with Crippen LogP contribution >= 0.6 is 0 Å². The molecule has 0 saturated heterocycles. The topological polar surface area (TPSA) is 59.4 Å². The van der Waals surface area contributed by atoms with Crippen molar-refractivity contribution in [3.05, 3.63) is 12.5 Å². The van der Waals surface area contributed by atoms with E-state index in [2.05, 4.69) is 20.5 Å². The molecular weight excluding hydrogens is 132 g/mol. The molecule has 5 heteroatoms. The fourth-order valence-corrected chi connectivity index (χ4v) is 0.658. The number of hydrogen-bond donors (Lipinski definition) is 1. The predicted octanol–water partition coefficient (Wildman–Crippen LogP) is 0.224. The van der Waals surface area contributed by atoms with E-state index < -0.39 is 0 Å². The largest absolute Gasteiger partial charge is 0.439 e. The fourth-order valence-electron chi connectivity index (χ4n) is 0.658. The Morgan fingerprint density at radius 1 is 1.50 bits per heavy atom. The quantitative estimate of drug-likeness (QED) is 0.554. The molecule has 0 bridgehead atoms. The second-order valence-corrected chi connectivity index (χ2v) is 1.70. The van der Waals surface area contributed by atoms with Crippen molar-refractivity contribution in [2.75, 3.05) is 5.43 Å². The molecule has 0 fully saturated rings. The summed E-state index contributed by atoms with van der Waals surface area (Å²) in [5, 5.41) is 3.63. The van der Waals surface area contributed by atoms with Crippen molar-refractivity contribution in [2.24, 2.45) is 5.10 Å². The Hall–Kier alpha value is -1.65. The SMILES string of the molecule is C1=NNc2ncncc2O1. The van der Waals surface area contributed by atoms with Crippen LogP contribution in [-0.2, 0) is 0 Å². The van der Waals surface area contributed by atoms with Gasteiger partial charge in [-0.05, 0) is 0 Å².